The van der Waals surface area contributed by atoms with Crippen LogP contribution >= 0.6 is 0 Å². The second-order valence-corrected chi connectivity index (χ2v) is 3.11. The number of aromatic hydroxyl groups is 1. The summed E-state index contributed by atoms with van der Waals surface area (Å²) in [4.78, 5) is 11.4. The van der Waals surface area contributed by atoms with Gasteiger partial charge < -0.3 is 14.2 Å². The van der Waals surface area contributed by atoms with Gasteiger partial charge in [0.05, 0.1) is 12.1 Å². The summed E-state index contributed by atoms with van der Waals surface area (Å²) in [6.45, 7) is 6.02. The molecule has 2 aromatic rings. The van der Waals surface area contributed by atoms with Gasteiger partial charge in [-0.3, -0.25) is 0 Å². The lowest BCUT2D eigenvalue weighted by Gasteiger charge is -1.98. The highest BCUT2D eigenvalue weighted by molar-refractivity contribution is 5.95. The number of fused-ring (bicyclic) bond motifs is 1. The fraction of sp³-hybridized carbons (Fsp3) is 0.308. The van der Waals surface area contributed by atoms with Gasteiger partial charge in [0.15, 0.2) is 5.75 Å². The van der Waals surface area contributed by atoms with Crippen LogP contribution in [0.25, 0.3) is 5.52 Å². The van der Waals surface area contributed by atoms with Crippen LogP contribution in [0.15, 0.2) is 30.6 Å². The Kier molecular flexibility index (Phi) is 4.57. The molecule has 0 atom stereocenters. The summed E-state index contributed by atoms with van der Waals surface area (Å²) in [7, 11) is 0. The number of nitrogens with zero attached hydrogens (tertiary/aromatic N) is 1. The number of hydrogen-bond acceptors (Lipinski definition) is 3. The summed E-state index contributed by atoms with van der Waals surface area (Å²) >= 11 is 0. The molecule has 0 aliphatic heterocycles. The number of carbonyl (C=O) groups excluding carboxylic acids is 1. The molecule has 0 unspecified atom stereocenters. The van der Waals surface area contributed by atoms with Gasteiger partial charge in [-0.1, -0.05) is 19.9 Å². The number of rotatable bonds is 2. The molecule has 1 N–H and O–H groups in total. The van der Waals surface area contributed by atoms with Crippen LogP contribution in [0.5, 0.6) is 5.75 Å². The van der Waals surface area contributed by atoms with Gasteiger partial charge in [0.25, 0.3) is 0 Å². The monoisotopic (exact) mass is 235 g/mol. The molecule has 4 heteroatoms. The average Bonchev–Trinajstić information content (AvgIpc) is 2.70. The summed E-state index contributed by atoms with van der Waals surface area (Å²) < 4.78 is 6.51. The van der Waals surface area contributed by atoms with Crippen LogP contribution in [0.3, 0.4) is 0 Å². The molecule has 0 fully saturated rings. The number of esters is 1. The molecule has 0 spiro atoms. The quantitative estimate of drug-likeness (QED) is 0.814. The van der Waals surface area contributed by atoms with E-state index in [0.29, 0.717) is 12.1 Å². The van der Waals surface area contributed by atoms with Gasteiger partial charge >= 0.3 is 5.97 Å². The molecule has 2 rings (SSSR count). The number of hydrogen-bond donors (Lipinski definition) is 1. The first-order valence-corrected chi connectivity index (χ1v) is 5.69. The molecule has 0 aromatic carbocycles. The normalized spacial score (nSPS) is 9.59. The van der Waals surface area contributed by atoms with E-state index in [9.17, 15) is 9.90 Å². The lowest BCUT2D eigenvalue weighted by atomic mass is 10.3. The van der Waals surface area contributed by atoms with E-state index in [1.807, 2.05) is 19.9 Å². The Labute approximate surface area is 100 Å². The summed E-state index contributed by atoms with van der Waals surface area (Å²) in [6, 6.07) is 5.35. The molecule has 0 aliphatic carbocycles. The van der Waals surface area contributed by atoms with E-state index in [-0.39, 0.29) is 11.3 Å². The van der Waals surface area contributed by atoms with E-state index in [2.05, 4.69) is 0 Å². The van der Waals surface area contributed by atoms with Crippen molar-refractivity contribution in [2.24, 2.45) is 0 Å². The molecule has 0 aliphatic rings. The third-order valence-corrected chi connectivity index (χ3v) is 2.15. The Balaban J connectivity index is 0.000000686. The third kappa shape index (κ3) is 2.58. The summed E-state index contributed by atoms with van der Waals surface area (Å²) in [5.41, 5.74) is 0.795. The van der Waals surface area contributed by atoms with Crippen LogP contribution in [0, 0.1) is 0 Å². The molecule has 0 radical (unpaired) electrons. The maximum Gasteiger partial charge on any atom is 0.343 e. The molecule has 2 aromatic heterocycles. The largest absolute Gasteiger partial charge is 0.505 e. The zero-order chi connectivity index (χ0) is 12.8. The molecule has 0 saturated carbocycles. The van der Waals surface area contributed by atoms with Crippen molar-refractivity contribution in [2.45, 2.75) is 20.8 Å². The van der Waals surface area contributed by atoms with Crippen molar-refractivity contribution in [2.75, 3.05) is 6.61 Å². The summed E-state index contributed by atoms with van der Waals surface area (Å²) in [5.74, 6) is -0.534. The van der Waals surface area contributed by atoms with Crippen molar-refractivity contribution >= 4 is 11.5 Å². The standard InChI is InChI=1S/C11H11NO3.C2H6/c1-2-15-11(14)8-7-12-6-4-3-5-9(12)10(8)13;1-2/h3-7,13H,2H2,1H3;1-2H3. The van der Waals surface area contributed by atoms with Crippen molar-refractivity contribution in [3.63, 3.8) is 0 Å². The van der Waals surface area contributed by atoms with Crippen LogP contribution in [0.1, 0.15) is 31.1 Å². The highest BCUT2D eigenvalue weighted by Crippen LogP contribution is 2.25. The lowest BCUT2D eigenvalue weighted by molar-refractivity contribution is 0.0523. The van der Waals surface area contributed by atoms with Crippen molar-refractivity contribution in [3.8, 4) is 5.75 Å². The van der Waals surface area contributed by atoms with Crippen LogP contribution in [0.2, 0.25) is 0 Å². The molecule has 0 amide bonds. The Bertz CT molecular complexity index is 502. The van der Waals surface area contributed by atoms with E-state index >= 15 is 0 Å². The SMILES string of the molecule is CC.CCOC(=O)c1cn2ccccc2c1O. The molecule has 2 heterocycles. The number of carbonyl (C=O) groups is 1. The van der Waals surface area contributed by atoms with Crippen molar-refractivity contribution in [3.05, 3.63) is 36.2 Å². The average molecular weight is 235 g/mol. The maximum absolute atomic E-state index is 11.4. The smallest absolute Gasteiger partial charge is 0.343 e. The Morgan fingerprint density at radius 1 is 1.41 bits per heavy atom. The highest BCUT2D eigenvalue weighted by Gasteiger charge is 2.16. The second kappa shape index (κ2) is 5.94. The second-order valence-electron chi connectivity index (χ2n) is 3.11. The van der Waals surface area contributed by atoms with E-state index in [1.54, 1.807) is 35.9 Å². The fourth-order valence-electron chi connectivity index (χ4n) is 1.47. The Morgan fingerprint density at radius 2 is 2.12 bits per heavy atom. The molecule has 0 saturated heterocycles. The fourth-order valence-corrected chi connectivity index (χ4v) is 1.47. The molecule has 4 nitrogen and oxygen atoms in total. The minimum atomic E-state index is -0.501. The summed E-state index contributed by atoms with van der Waals surface area (Å²) in [6.07, 6.45) is 3.32. The highest BCUT2D eigenvalue weighted by atomic mass is 16.5. The number of ether oxygens (including phenoxy) is 1. The predicted octanol–water partition coefficient (Wildman–Crippen LogP) is 2.85. The first-order chi connectivity index (χ1) is 8.24. The predicted molar refractivity (Wildman–Crippen MR) is 66.4 cm³/mol. The van der Waals surface area contributed by atoms with Gasteiger partial charge in [0.1, 0.15) is 5.56 Å². The van der Waals surface area contributed by atoms with Gasteiger partial charge in [-0.05, 0) is 19.1 Å². The maximum atomic E-state index is 11.4. The van der Waals surface area contributed by atoms with Gasteiger partial charge in [0, 0.05) is 12.4 Å². The van der Waals surface area contributed by atoms with Gasteiger partial charge in [0.2, 0.25) is 0 Å². The Hall–Kier alpha value is -1.97. The molecular weight excluding hydrogens is 218 g/mol. The van der Waals surface area contributed by atoms with Gasteiger partial charge in [-0.2, -0.15) is 0 Å². The Morgan fingerprint density at radius 3 is 2.71 bits per heavy atom. The van der Waals surface area contributed by atoms with E-state index < -0.39 is 5.97 Å². The first-order valence-electron chi connectivity index (χ1n) is 5.69. The number of aromatic nitrogens is 1. The van der Waals surface area contributed by atoms with E-state index in [1.165, 1.54) is 0 Å². The van der Waals surface area contributed by atoms with Gasteiger partial charge in [-0.25, -0.2) is 4.79 Å². The number of pyridine rings is 1. The first kappa shape index (κ1) is 13.1. The van der Waals surface area contributed by atoms with Crippen LogP contribution in [-0.2, 0) is 4.74 Å². The summed E-state index contributed by atoms with van der Waals surface area (Å²) in [5, 5.41) is 9.76. The minimum Gasteiger partial charge on any atom is -0.505 e. The molecule has 0 bridgehead atoms. The minimum absolute atomic E-state index is 0.0333. The van der Waals surface area contributed by atoms with E-state index in [0.717, 1.165) is 0 Å². The molecule has 17 heavy (non-hydrogen) atoms. The van der Waals surface area contributed by atoms with Crippen LogP contribution in [0.4, 0.5) is 0 Å². The van der Waals surface area contributed by atoms with Crippen molar-refractivity contribution < 1.29 is 14.6 Å². The molecule has 92 valence electrons. The zero-order valence-corrected chi connectivity index (χ0v) is 10.3. The molecular formula is C13H17NO3. The van der Waals surface area contributed by atoms with Crippen LogP contribution < -0.4 is 0 Å². The van der Waals surface area contributed by atoms with Crippen molar-refractivity contribution in [1.82, 2.24) is 4.40 Å². The third-order valence-electron chi connectivity index (χ3n) is 2.15. The van der Waals surface area contributed by atoms with Gasteiger partial charge in [-0.15, -0.1) is 0 Å². The van der Waals surface area contributed by atoms with E-state index in [4.69, 9.17) is 4.74 Å². The lowest BCUT2D eigenvalue weighted by Crippen LogP contribution is -2.03. The van der Waals surface area contributed by atoms with Crippen molar-refractivity contribution in [1.29, 1.82) is 0 Å². The topological polar surface area (TPSA) is 50.9 Å². The van der Waals surface area contributed by atoms with Crippen LogP contribution in [-0.4, -0.2) is 22.1 Å². The zero-order valence-electron chi connectivity index (χ0n) is 10.3.